The monoisotopic (exact) mass is 317 g/mol. The first kappa shape index (κ1) is 17.1. The van der Waals surface area contributed by atoms with Crippen LogP contribution in [0.25, 0.3) is 0 Å². The first-order valence-electron chi connectivity index (χ1n) is 7.99. The number of hydrogen-bond acceptors (Lipinski definition) is 4. The fourth-order valence-corrected chi connectivity index (χ4v) is 2.38. The van der Waals surface area contributed by atoms with E-state index in [2.05, 4.69) is 11.4 Å². The van der Waals surface area contributed by atoms with E-state index in [0.717, 1.165) is 18.6 Å². The molecular weight excluding hydrogens is 294 g/mol. The van der Waals surface area contributed by atoms with Crippen LogP contribution in [0.2, 0.25) is 0 Å². The predicted molar refractivity (Wildman–Crippen MR) is 88.3 cm³/mol. The second-order valence-corrected chi connectivity index (χ2v) is 5.51. The minimum atomic E-state index is -0.819. The molecule has 5 nitrogen and oxygen atoms in total. The zero-order chi connectivity index (χ0) is 16.7. The van der Waals surface area contributed by atoms with Crippen LogP contribution in [0.4, 0.5) is 5.69 Å². The Labute approximate surface area is 136 Å². The van der Waals surface area contributed by atoms with Crippen molar-refractivity contribution in [3.05, 3.63) is 36.4 Å². The first-order valence-corrected chi connectivity index (χ1v) is 7.99. The van der Waals surface area contributed by atoms with E-state index >= 15 is 0 Å². The number of benzene rings is 1. The smallest absolute Gasteiger partial charge is 0.310 e. The van der Waals surface area contributed by atoms with E-state index in [1.54, 1.807) is 31.2 Å². The number of ether oxygens (including phenoxy) is 2. The molecule has 2 atom stereocenters. The lowest BCUT2D eigenvalue weighted by Gasteiger charge is -2.19. The number of rotatable bonds is 6. The summed E-state index contributed by atoms with van der Waals surface area (Å²) >= 11 is 0. The van der Waals surface area contributed by atoms with E-state index in [1.807, 2.05) is 13.0 Å². The van der Waals surface area contributed by atoms with Crippen LogP contribution in [-0.4, -0.2) is 24.6 Å². The van der Waals surface area contributed by atoms with Crippen LogP contribution in [0.5, 0.6) is 5.75 Å². The van der Waals surface area contributed by atoms with Gasteiger partial charge in [-0.3, -0.25) is 9.59 Å². The molecule has 0 saturated carbocycles. The van der Waals surface area contributed by atoms with Gasteiger partial charge in [-0.25, -0.2) is 0 Å². The van der Waals surface area contributed by atoms with Gasteiger partial charge < -0.3 is 14.8 Å². The van der Waals surface area contributed by atoms with E-state index in [1.165, 1.54) is 0 Å². The maximum atomic E-state index is 12.1. The second kappa shape index (κ2) is 8.36. The highest BCUT2D eigenvalue weighted by molar-refractivity contribution is 5.95. The number of carbonyl (C=O) groups is 2. The summed E-state index contributed by atoms with van der Waals surface area (Å²) in [6.45, 7) is 4.09. The van der Waals surface area contributed by atoms with Crippen molar-refractivity contribution in [1.82, 2.24) is 0 Å². The Balaban J connectivity index is 1.84. The van der Waals surface area contributed by atoms with Gasteiger partial charge in [0.15, 0.2) is 6.10 Å². The highest BCUT2D eigenvalue weighted by Gasteiger charge is 2.25. The SMILES string of the molecule is CCOc1ccc(NC(=O)[C@H](C)OC(=O)[C@H]2CC=CCC2)cc1. The third kappa shape index (κ3) is 5.13. The molecule has 1 aliphatic rings. The number of esters is 1. The summed E-state index contributed by atoms with van der Waals surface area (Å²) in [7, 11) is 0. The molecule has 0 bridgehead atoms. The summed E-state index contributed by atoms with van der Waals surface area (Å²) in [5, 5.41) is 2.73. The lowest BCUT2D eigenvalue weighted by atomic mass is 9.95. The van der Waals surface area contributed by atoms with E-state index in [0.29, 0.717) is 18.7 Å². The summed E-state index contributed by atoms with van der Waals surface area (Å²) in [5.74, 6) is -0.0337. The standard InChI is InChI=1S/C18H23NO4/c1-3-22-16-11-9-15(10-12-16)19-17(20)13(2)23-18(21)14-7-5-4-6-8-14/h4-5,9-14H,3,6-8H2,1-2H3,(H,19,20)/t13-,14-/m0/s1. The summed E-state index contributed by atoms with van der Waals surface area (Å²) in [6.07, 6.45) is 5.58. The summed E-state index contributed by atoms with van der Waals surface area (Å²) in [6, 6.07) is 7.07. The van der Waals surface area contributed by atoms with Gasteiger partial charge in [0.2, 0.25) is 0 Å². The Morgan fingerprint density at radius 2 is 2.00 bits per heavy atom. The van der Waals surface area contributed by atoms with Crippen molar-refractivity contribution in [3.63, 3.8) is 0 Å². The van der Waals surface area contributed by atoms with Gasteiger partial charge >= 0.3 is 5.97 Å². The van der Waals surface area contributed by atoms with Gasteiger partial charge in [0, 0.05) is 5.69 Å². The Morgan fingerprint density at radius 1 is 1.26 bits per heavy atom. The highest BCUT2D eigenvalue weighted by atomic mass is 16.5. The van der Waals surface area contributed by atoms with Gasteiger partial charge in [0.1, 0.15) is 5.75 Å². The second-order valence-electron chi connectivity index (χ2n) is 5.51. The molecule has 1 amide bonds. The van der Waals surface area contributed by atoms with Crippen LogP contribution in [0, 0.1) is 5.92 Å². The van der Waals surface area contributed by atoms with E-state index in [4.69, 9.17) is 9.47 Å². The third-order valence-electron chi connectivity index (χ3n) is 3.70. The van der Waals surface area contributed by atoms with E-state index in [9.17, 15) is 9.59 Å². The van der Waals surface area contributed by atoms with Crippen molar-refractivity contribution >= 4 is 17.6 Å². The molecule has 0 spiro atoms. The Hall–Kier alpha value is -2.30. The molecule has 1 aliphatic carbocycles. The quantitative estimate of drug-likeness (QED) is 0.646. The van der Waals surface area contributed by atoms with E-state index in [-0.39, 0.29) is 17.8 Å². The molecule has 0 aliphatic heterocycles. The van der Waals surface area contributed by atoms with Crippen molar-refractivity contribution in [2.24, 2.45) is 5.92 Å². The van der Waals surface area contributed by atoms with Crippen LogP contribution in [0.15, 0.2) is 36.4 Å². The number of hydrogen-bond donors (Lipinski definition) is 1. The third-order valence-corrected chi connectivity index (χ3v) is 3.70. The normalized spacial score (nSPS) is 18.1. The van der Waals surface area contributed by atoms with Crippen LogP contribution in [-0.2, 0) is 14.3 Å². The number of anilines is 1. The molecule has 1 aromatic carbocycles. The van der Waals surface area contributed by atoms with Crippen LogP contribution >= 0.6 is 0 Å². The van der Waals surface area contributed by atoms with Crippen LogP contribution in [0.3, 0.4) is 0 Å². The molecule has 5 heteroatoms. The molecule has 1 N–H and O–H groups in total. The Morgan fingerprint density at radius 3 is 2.61 bits per heavy atom. The zero-order valence-electron chi connectivity index (χ0n) is 13.6. The number of amides is 1. The van der Waals surface area contributed by atoms with Gasteiger partial charge in [-0.1, -0.05) is 12.2 Å². The first-order chi connectivity index (χ1) is 11.1. The molecule has 0 radical (unpaired) electrons. The van der Waals surface area contributed by atoms with Gasteiger partial charge in [-0.05, 0) is 57.4 Å². The van der Waals surface area contributed by atoms with Crippen molar-refractivity contribution < 1.29 is 19.1 Å². The zero-order valence-corrected chi connectivity index (χ0v) is 13.6. The van der Waals surface area contributed by atoms with Crippen molar-refractivity contribution in [1.29, 1.82) is 0 Å². The minimum absolute atomic E-state index is 0.138. The van der Waals surface area contributed by atoms with Gasteiger partial charge in [0.25, 0.3) is 5.91 Å². The highest BCUT2D eigenvalue weighted by Crippen LogP contribution is 2.20. The molecule has 23 heavy (non-hydrogen) atoms. The lowest BCUT2D eigenvalue weighted by Crippen LogP contribution is -2.32. The van der Waals surface area contributed by atoms with Crippen LogP contribution in [0.1, 0.15) is 33.1 Å². The maximum Gasteiger partial charge on any atom is 0.310 e. The number of nitrogens with one attached hydrogen (secondary N) is 1. The largest absolute Gasteiger partial charge is 0.494 e. The molecule has 0 aromatic heterocycles. The van der Waals surface area contributed by atoms with Gasteiger partial charge in [-0.2, -0.15) is 0 Å². The maximum absolute atomic E-state index is 12.1. The molecule has 2 rings (SSSR count). The van der Waals surface area contributed by atoms with Gasteiger partial charge in [0.05, 0.1) is 12.5 Å². The van der Waals surface area contributed by atoms with Crippen LogP contribution < -0.4 is 10.1 Å². The molecular formula is C18H23NO4. The number of carbonyl (C=O) groups excluding carboxylic acids is 2. The summed E-state index contributed by atoms with van der Waals surface area (Å²) in [4.78, 5) is 24.1. The number of allylic oxidation sites excluding steroid dienone is 2. The average molecular weight is 317 g/mol. The molecule has 0 saturated heterocycles. The van der Waals surface area contributed by atoms with Crippen molar-refractivity contribution in [3.8, 4) is 5.75 Å². The summed E-state index contributed by atoms with van der Waals surface area (Å²) in [5.41, 5.74) is 0.641. The minimum Gasteiger partial charge on any atom is -0.494 e. The topological polar surface area (TPSA) is 64.6 Å². The van der Waals surface area contributed by atoms with Gasteiger partial charge in [-0.15, -0.1) is 0 Å². The van der Waals surface area contributed by atoms with Crippen molar-refractivity contribution in [2.75, 3.05) is 11.9 Å². The molecule has 0 heterocycles. The fourth-order valence-electron chi connectivity index (χ4n) is 2.38. The van der Waals surface area contributed by atoms with Crippen molar-refractivity contribution in [2.45, 2.75) is 39.2 Å². The Bertz CT molecular complexity index is 565. The lowest BCUT2D eigenvalue weighted by molar-refractivity contribution is -0.157. The average Bonchev–Trinajstić information content (AvgIpc) is 2.57. The van der Waals surface area contributed by atoms with E-state index < -0.39 is 6.10 Å². The molecule has 0 unspecified atom stereocenters. The predicted octanol–water partition coefficient (Wildman–Crippen LogP) is 3.31. The summed E-state index contributed by atoms with van der Waals surface area (Å²) < 4.78 is 10.6. The Kier molecular flexibility index (Phi) is 6.20. The molecule has 1 aromatic rings. The molecule has 0 fully saturated rings. The fraction of sp³-hybridized carbons (Fsp3) is 0.444. The molecule has 124 valence electrons.